The van der Waals surface area contributed by atoms with Gasteiger partial charge in [0.1, 0.15) is 11.5 Å². The zero-order valence-corrected chi connectivity index (χ0v) is 14.6. The topological polar surface area (TPSA) is 54.3 Å². The summed E-state index contributed by atoms with van der Waals surface area (Å²) in [5, 5.41) is 14.3. The molecule has 5 heteroatoms. The maximum absolute atomic E-state index is 13.6. The first kappa shape index (κ1) is 16.8. The molecule has 1 aliphatic carbocycles. The van der Waals surface area contributed by atoms with Crippen LogP contribution >= 0.6 is 0 Å². The van der Waals surface area contributed by atoms with Crippen LogP contribution in [-0.4, -0.2) is 21.7 Å². The van der Waals surface area contributed by atoms with Crippen molar-refractivity contribution in [1.29, 1.82) is 0 Å². The van der Waals surface area contributed by atoms with Crippen molar-refractivity contribution in [3.63, 3.8) is 0 Å². The number of fused-ring (bicyclic) bond motifs is 1. The predicted octanol–water partition coefficient (Wildman–Crippen LogP) is 4.09. The average molecular weight is 352 g/mol. The summed E-state index contributed by atoms with van der Waals surface area (Å²) in [7, 11) is 0. The van der Waals surface area contributed by atoms with Crippen molar-refractivity contribution in [3.05, 3.63) is 70.7 Å². The van der Waals surface area contributed by atoms with Gasteiger partial charge in [-0.25, -0.2) is 9.18 Å². The van der Waals surface area contributed by atoms with Gasteiger partial charge in [0.2, 0.25) is 0 Å². The van der Waals surface area contributed by atoms with Gasteiger partial charge in [-0.15, -0.1) is 0 Å². The van der Waals surface area contributed by atoms with Gasteiger partial charge in [-0.3, -0.25) is 0 Å². The summed E-state index contributed by atoms with van der Waals surface area (Å²) in [6, 6.07) is 12.8. The summed E-state index contributed by atoms with van der Waals surface area (Å²) in [5.74, 6) is -1.27. The maximum Gasteiger partial charge on any atom is 0.352 e. The molecule has 0 atom stereocenters. The second kappa shape index (κ2) is 6.57. The molecule has 0 bridgehead atoms. The normalized spacial score (nSPS) is 14.1. The summed E-state index contributed by atoms with van der Waals surface area (Å²) in [4.78, 5) is 12.1. The van der Waals surface area contributed by atoms with Gasteiger partial charge < -0.3 is 15.0 Å². The fraction of sp³-hybridized carbons (Fsp3) is 0.286. The molecule has 4 nitrogen and oxygen atoms in total. The largest absolute Gasteiger partial charge is 0.477 e. The number of benzene rings is 2. The minimum absolute atomic E-state index is 0.281. The summed E-state index contributed by atoms with van der Waals surface area (Å²) in [6.07, 6.45) is 2.28. The van der Waals surface area contributed by atoms with Crippen molar-refractivity contribution in [2.24, 2.45) is 0 Å². The van der Waals surface area contributed by atoms with Gasteiger partial charge in [0.15, 0.2) is 0 Å². The van der Waals surface area contributed by atoms with Crippen molar-refractivity contribution < 1.29 is 14.3 Å². The Morgan fingerprint density at radius 1 is 1.27 bits per heavy atom. The van der Waals surface area contributed by atoms with Crippen LogP contribution in [0, 0.1) is 12.7 Å². The van der Waals surface area contributed by atoms with E-state index in [0.29, 0.717) is 19.1 Å². The molecule has 26 heavy (non-hydrogen) atoms. The van der Waals surface area contributed by atoms with E-state index < -0.39 is 5.97 Å². The zero-order chi connectivity index (χ0) is 18.3. The number of halogens is 1. The molecule has 1 aromatic heterocycles. The average Bonchev–Trinajstić information content (AvgIpc) is 3.37. The number of aromatic carboxylic acids is 1. The van der Waals surface area contributed by atoms with Gasteiger partial charge in [-0.05, 0) is 49.1 Å². The number of hydrogen-bond donors (Lipinski definition) is 2. The highest BCUT2D eigenvalue weighted by molar-refractivity contribution is 5.98. The van der Waals surface area contributed by atoms with Gasteiger partial charge in [0, 0.05) is 35.6 Å². The van der Waals surface area contributed by atoms with Crippen LogP contribution in [0.3, 0.4) is 0 Å². The van der Waals surface area contributed by atoms with E-state index in [4.69, 9.17) is 0 Å². The van der Waals surface area contributed by atoms with E-state index in [1.165, 1.54) is 12.1 Å². The van der Waals surface area contributed by atoms with E-state index in [0.717, 1.165) is 40.4 Å². The van der Waals surface area contributed by atoms with Crippen LogP contribution in [0.1, 0.15) is 40.0 Å². The molecule has 0 saturated heterocycles. The Balaban J connectivity index is 1.86. The molecule has 1 aliphatic rings. The monoisotopic (exact) mass is 352 g/mol. The van der Waals surface area contributed by atoms with Crippen LogP contribution in [0.25, 0.3) is 10.9 Å². The highest BCUT2D eigenvalue weighted by Gasteiger charge is 2.25. The van der Waals surface area contributed by atoms with Crippen LogP contribution in [0.15, 0.2) is 42.5 Å². The Kier molecular flexibility index (Phi) is 4.24. The Bertz CT molecular complexity index is 989. The highest BCUT2D eigenvalue weighted by Crippen LogP contribution is 2.30. The third kappa shape index (κ3) is 3.22. The molecule has 1 saturated carbocycles. The first-order chi connectivity index (χ1) is 12.5. The molecule has 1 fully saturated rings. The third-order valence-corrected chi connectivity index (χ3v) is 4.90. The number of carboxylic acid groups (broad SMARTS) is 1. The molecule has 0 unspecified atom stereocenters. The number of hydrogen-bond acceptors (Lipinski definition) is 2. The predicted molar refractivity (Wildman–Crippen MR) is 99.0 cm³/mol. The Hall–Kier alpha value is -2.66. The minimum Gasteiger partial charge on any atom is -0.477 e. The molecular weight excluding hydrogens is 331 g/mol. The molecule has 134 valence electrons. The first-order valence-electron chi connectivity index (χ1n) is 8.86. The van der Waals surface area contributed by atoms with Gasteiger partial charge in [0.05, 0.1) is 0 Å². The van der Waals surface area contributed by atoms with Gasteiger partial charge in [-0.1, -0.05) is 24.3 Å². The summed E-state index contributed by atoms with van der Waals surface area (Å²) in [5.41, 5.74) is 3.76. The summed E-state index contributed by atoms with van der Waals surface area (Å²) >= 11 is 0. The fourth-order valence-corrected chi connectivity index (χ4v) is 3.47. The Labute approximate surface area is 151 Å². The number of nitrogens with zero attached hydrogens (tertiary/aromatic N) is 1. The summed E-state index contributed by atoms with van der Waals surface area (Å²) in [6.45, 7) is 2.84. The van der Waals surface area contributed by atoms with E-state index in [2.05, 4.69) is 5.32 Å². The second-order valence-electron chi connectivity index (χ2n) is 7.02. The van der Waals surface area contributed by atoms with E-state index in [9.17, 15) is 14.3 Å². The van der Waals surface area contributed by atoms with Gasteiger partial charge in [0.25, 0.3) is 0 Å². The van der Waals surface area contributed by atoms with Crippen molar-refractivity contribution in [2.45, 2.75) is 38.9 Å². The lowest BCUT2D eigenvalue weighted by molar-refractivity contribution is 0.0684. The van der Waals surface area contributed by atoms with E-state index in [-0.39, 0.29) is 11.5 Å². The van der Waals surface area contributed by atoms with Crippen molar-refractivity contribution in [2.75, 3.05) is 0 Å². The van der Waals surface area contributed by atoms with Crippen LogP contribution in [0.4, 0.5) is 4.39 Å². The van der Waals surface area contributed by atoms with Gasteiger partial charge >= 0.3 is 5.97 Å². The molecular formula is C21H21FN2O2. The van der Waals surface area contributed by atoms with Crippen LogP contribution in [0.2, 0.25) is 0 Å². The lowest BCUT2D eigenvalue weighted by Crippen LogP contribution is -2.19. The third-order valence-electron chi connectivity index (χ3n) is 4.90. The van der Waals surface area contributed by atoms with Crippen molar-refractivity contribution in [1.82, 2.24) is 9.88 Å². The standard InChI is InChI=1S/C21H21FN2O2/c1-13-5-8-17-18(11-23-16-6-7-16)20(21(25)26)24(19(17)9-13)12-14-3-2-4-15(22)10-14/h2-5,8-10,16,23H,6-7,11-12H2,1H3,(H,25,26). The number of carbonyl (C=O) groups is 1. The SMILES string of the molecule is Cc1ccc2c(CNC3CC3)c(C(=O)O)n(Cc3cccc(F)c3)c2c1. The molecule has 0 radical (unpaired) electrons. The Morgan fingerprint density at radius 2 is 2.08 bits per heavy atom. The number of nitrogens with one attached hydrogen (secondary N) is 1. The molecule has 4 rings (SSSR count). The van der Waals surface area contributed by atoms with E-state index in [1.807, 2.05) is 31.2 Å². The molecule has 1 heterocycles. The van der Waals surface area contributed by atoms with Crippen LogP contribution < -0.4 is 5.32 Å². The Morgan fingerprint density at radius 3 is 2.77 bits per heavy atom. The fourth-order valence-electron chi connectivity index (χ4n) is 3.47. The smallest absolute Gasteiger partial charge is 0.352 e. The highest BCUT2D eigenvalue weighted by atomic mass is 19.1. The first-order valence-corrected chi connectivity index (χ1v) is 8.86. The number of carboxylic acids is 1. The quantitative estimate of drug-likeness (QED) is 0.703. The second-order valence-corrected chi connectivity index (χ2v) is 7.02. The van der Waals surface area contributed by atoms with Crippen molar-refractivity contribution >= 4 is 16.9 Å². The van der Waals surface area contributed by atoms with E-state index in [1.54, 1.807) is 10.6 Å². The minimum atomic E-state index is -0.956. The molecule has 0 aliphatic heterocycles. The zero-order valence-electron chi connectivity index (χ0n) is 14.6. The number of rotatable bonds is 6. The molecule has 3 aromatic rings. The molecule has 2 N–H and O–H groups in total. The number of aromatic nitrogens is 1. The maximum atomic E-state index is 13.6. The van der Waals surface area contributed by atoms with Crippen LogP contribution in [-0.2, 0) is 13.1 Å². The van der Waals surface area contributed by atoms with Gasteiger partial charge in [-0.2, -0.15) is 0 Å². The summed E-state index contributed by atoms with van der Waals surface area (Å²) < 4.78 is 15.4. The lowest BCUT2D eigenvalue weighted by atomic mass is 10.1. The lowest BCUT2D eigenvalue weighted by Gasteiger charge is -2.10. The molecule has 2 aromatic carbocycles. The van der Waals surface area contributed by atoms with Crippen LogP contribution in [0.5, 0.6) is 0 Å². The van der Waals surface area contributed by atoms with E-state index >= 15 is 0 Å². The van der Waals surface area contributed by atoms with Crippen molar-refractivity contribution in [3.8, 4) is 0 Å². The molecule has 0 spiro atoms. The molecule has 0 amide bonds. The number of aryl methyl sites for hydroxylation is 1.